The van der Waals surface area contributed by atoms with E-state index in [4.69, 9.17) is 0 Å². The van der Waals surface area contributed by atoms with Crippen molar-refractivity contribution in [3.05, 3.63) is 222 Å². The molecule has 0 aliphatic heterocycles. The zero-order chi connectivity index (χ0) is 65.6. The quantitative estimate of drug-likeness (QED) is 0.0179. The van der Waals surface area contributed by atoms with Crippen molar-refractivity contribution in [2.24, 2.45) is 0 Å². The maximum atomic E-state index is 12.2. The molecule has 0 atom stereocenters. The molecule has 0 aromatic heterocycles. The first-order valence-corrected chi connectivity index (χ1v) is 35.2. The third-order valence-electron chi connectivity index (χ3n) is 18.4. The molecule has 10 nitrogen and oxygen atoms in total. The number of unbranched alkanes of at least 4 members (excludes halogenated alkanes) is 8. The Labute approximate surface area is 574 Å². The Kier molecular flexibility index (Phi) is 33.6. The molecule has 0 unspecified atom stereocenters. The molecule has 0 saturated carbocycles. The number of para-hydroxylation sites is 2. The van der Waals surface area contributed by atoms with Gasteiger partial charge in [0.15, 0.2) is 0 Å². The van der Waals surface area contributed by atoms with Crippen LogP contribution in [0.15, 0.2) is 189 Å². The van der Waals surface area contributed by atoms with Crippen LogP contribution in [0.1, 0.15) is 169 Å². The molecule has 10 rings (SSSR count). The van der Waals surface area contributed by atoms with Crippen LogP contribution < -0.4 is 67.8 Å². The summed E-state index contributed by atoms with van der Waals surface area (Å²) in [5, 5.41) is 21.7. The van der Waals surface area contributed by atoms with E-state index < -0.39 is 21.7 Å². The van der Waals surface area contributed by atoms with E-state index in [1.54, 1.807) is 0 Å². The van der Waals surface area contributed by atoms with Gasteiger partial charge in [-0.15, -0.1) is 0 Å². The van der Waals surface area contributed by atoms with Crippen LogP contribution in [-0.2, 0) is 13.1 Å². The highest BCUT2D eigenvalue weighted by Crippen LogP contribution is 2.32. The van der Waals surface area contributed by atoms with Gasteiger partial charge in [-0.05, 0) is 142 Å². The van der Waals surface area contributed by atoms with Crippen LogP contribution >= 0.6 is 0 Å². The minimum Gasteiger partial charge on any atom is -1.00 e. The summed E-state index contributed by atoms with van der Waals surface area (Å²) in [6.07, 6.45) is 22.1. The fourth-order valence-corrected chi connectivity index (χ4v) is 12.9. The number of anilines is 6. The number of benzene rings is 8. The van der Waals surface area contributed by atoms with Gasteiger partial charge in [-0.1, -0.05) is 240 Å². The maximum absolute atomic E-state index is 12.2. The zero-order valence-corrected chi connectivity index (χ0v) is 59.3. The highest BCUT2D eigenvalue weighted by atomic mass is 35.5. The lowest BCUT2D eigenvalue weighted by atomic mass is 9.96. The normalized spacial score (nSPS) is 11.2. The molecule has 0 fully saturated rings. The van der Waals surface area contributed by atoms with E-state index in [1.807, 2.05) is 109 Å². The van der Waals surface area contributed by atoms with Crippen LogP contribution in [0.2, 0.25) is 0 Å². The molecule has 12 heteroatoms. The fourth-order valence-electron chi connectivity index (χ4n) is 12.9. The van der Waals surface area contributed by atoms with Gasteiger partial charge in [0.1, 0.15) is 22.7 Å². The van der Waals surface area contributed by atoms with Gasteiger partial charge < -0.3 is 55.0 Å². The molecule has 504 valence electrons. The van der Waals surface area contributed by atoms with Crippen LogP contribution in [0.4, 0.5) is 34.1 Å². The Morgan fingerprint density at radius 3 is 0.723 bits per heavy atom. The molecule has 10 aromatic carbocycles. The summed E-state index contributed by atoms with van der Waals surface area (Å²) in [4.78, 5) is 48.6. The molecule has 94 heavy (non-hydrogen) atoms. The van der Waals surface area contributed by atoms with Crippen LogP contribution in [0.5, 0.6) is 0 Å². The Hall–Kier alpha value is -7.34. The molecule has 0 radical (unpaired) electrons. The summed E-state index contributed by atoms with van der Waals surface area (Å²) < 4.78 is 2.84. The van der Waals surface area contributed by atoms with Crippen molar-refractivity contribution in [1.29, 1.82) is 0 Å². The number of rotatable bonds is 34. The lowest BCUT2D eigenvalue weighted by Crippen LogP contribution is -3.00. The summed E-state index contributed by atoms with van der Waals surface area (Å²) in [7, 11) is 0. The molecule has 4 N–H and O–H groups in total. The van der Waals surface area contributed by atoms with Gasteiger partial charge in [0.05, 0.1) is 52.4 Å². The smallest absolute Gasteiger partial charge is 0.253 e. The monoisotopic (exact) mass is 1310 g/mol. The number of nitrogens with one attached hydrogen (secondary N) is 4. The SMILES string of the molecule is CCCC[N+](CCCC)(CCCC)CCCC.CCCC[N+](CCCC)(CCCC)CCCC.O=c1c(NCc2c3ccccc3cc3ccccc23)c(Nc2ccccc2)c1=O.O=c1c(NCc2c3ccccc3cc3ccccc23)c(Nc2ccccc2)c1=O.[Cl-].[Cl-]. The first-order chi connectivity index (χ1) is 44.9. The summed E-state index contributed by atoms with van der Waals surface area (Å²) in [5.41, 5.74) is 3.17. The molecule has 10 aromatic rings. The molecule has 0 amide bonds. The second kappa shape index (κ2) is 40.8. The summed E-state index contributed by atoms with van der Waals surface area (Å²) in [6.45, 7) is 30.9. The average Bonchev–Trinajstić information content (AvgIpc) is 0.784. The van der Waals surface area contributed by atoms with Crippen molar-refractivity contribution in [1.82, 2.24) is 0 Å². The maximum Gasteiger partial charge on any atom is 0.253 e. The second-order valence-corrected chi connectivity index (χ2v) is 25.4. The van der Waals surface area contributed by atoms with Gasteiger partial charge in [-0.25, -0.2) is 0 Å². The van der Waals surface area contributed by atoms with Crippen molar-refractivity contribution >= 4 is 77.2 Å². The topological polar surface area (TPSA) is 116 Å². The fraction of sp³-hybridized carbons (Fsp3) is 0.415. The summed E-state index contributed by atoms with van der Waals surface area (Å²) in [5.74, 6) is 0. The first-order valence-electron chi connectivity index (χ1n) is 35.2. The molecule has 0 aliphatic rings. The number of nitrogens with zero attached hydrogens (tertiary/aromatic N) is 2. The largest absolute Gasteiger partial charge is 1.00 e. The van der Waals surface area contributed by atoms with Crippen LogP contribution in [0, 0.1) is 0 Å². The van der Waals surface area contributed by atoms with E-state index in [9.17, 15) is 19.2 Å². The molecule has 0 aliphatic carbocycles. The van der Waals surface area contributed by atoms with Crippen molar-refractivity contribution in [3.63, 3.8) is 0 Å². The van der Waals surface area contributed by atoms with Gasteiger partial charge >= 0.3 is 0 Å². The Morgan fingerprint density at radius 2 is 0.489 bits per heavy atom. The van der Waals surface area contributed by atoms with E-state index in [0.29, 0.717) is 35.8 Å². The minimum atomic E-state index is -0.487. The second-order valence-electron chi connectivity index (χ2n) is 25.4. The number of halogens is 2. The van der Waals surface area contributed by atoms with E-state index >= 15 is 0 Å². The van der Waals surface area contributed by atoms with E-state index in [0.717, 1.165) is 65.6 Å². The Balaban J connectivity index is 0.000000234. The van der Waals surface area contributed by atoms with Crippen LogP contribution in [0.25, 0.3) is 43.1 Å². The number of quaternary nitrogens is 2. The zero-order valence-electron chi connectivity index (χ0n) is 57.8. The number of hydrogen-bond acceptors (Lipinski definition) is 8. The molecule has 0 bridgehead atoms. The Bertz CT molecular complexity index is 3530. The van der Waals surface area contributed by atoms with Gasteiger partial charge in [0, 0.05) is 24.5 Å². The molecular weight excluding hydrogens is 1200 g/mol. The van der Waals surface area contributed by atoms with Crippen molar-refractivity contribution in [2.45, 2.75) is 171 Å². The summed E-state index contributed by atoms with van der Waals surface area (Å²) in [6, 6.07) is 55.9. The van der Waals surface area contributed by atoms with Crippen molar-refractivity contribution < 1.29 is 33.8 Å². The van der Waals surface area contributed by atoms with Gasteiger partial charge in [-0.2, -0.15) is 0 Å². The molecule has 0 saturated heterocycles. The number of hydrogen-bond donors (Lipinski definition) is 4. The summed E-state index contributed by atoms with van der Waals surface area (Å²) >= 11 is 0. The average molecular weight is 1310 g/mol. The van der Waals surface area contributed by atoms with E-state index in [2.05, 4.69) is 137 Å². The predicted octanol–water partition coefficient (Wildman–Crippen LogP) is 13.9. The highest BCUT2D eigenvalue weighted by molar-refractivity contribution is 6.03. The van der Waals surface area contributed by atoms with Crippen LogP contribution in [0.3, 0.4) is 0 Å². The standard InChI is InChI=1S/2C25H18N2O2.2C16H36N.2ClH/c2*28-24-22(23(25(24)29)27-18-10-2-1-3-11-18)26-15-21-19-12-6-4-8-16(19)14-17-9-5-7-13-20(17)21;2*1-5-9-13-17(14-10-6-2,15-11-7-3)16-12-8-4;;/h2*1-14,26-27H,15H2;2*5-16H2,1-4H3;2*1H/q;;2*+1;;/p-2. The van der Waals surface area contributed by atoms with Gasteiger partial charge in [0.25, 0.3) is 21.7 Å². The predicted molar refractivity (Wildman–Crippen MR) is 398 cm³/mol. The van der Waals surface area contributed by atoms with Gasteiger partial charge in [0.2, 0.25) is 0 Å². The molecule has 0 spiro atoms. The number of fused-ring (bicyclic) bond motifs is 4. The lowest BCUT2D eigenvalue weighted by molar-refractivity contribution is -0.929. The first kappa shape index (κ1) is 77.4. The Morgan fingerprint density at radius 1 is 0.277 bits per heavy atom. The third-order valence-corrected chi connectivity index (χ3v) is 18.4. The third kappa shape index (κ3) is 21.3. The van der Waals surface area contributed by atoms with Crippen LogP contribution in [-0.4, -0.2) is 61.3 Å². The van der Waals surface area contributed by atoms with E-state index in [1.165, 1.54) is 164 Å². The van der Waals surface area contributed by atoms with Crippen molar-refractivity contribution in [2.75, 3.05) is 73.6 Å². The van der Waals surface area contributed by atoms with Gasteiger partial charge in [-0.3, -0.25) is 19.2 Å². The lowest BCUT2D eigenvalue weighted by Gasteiger charge is -2.39. The van der Waals surface area contributed by atoms with E-state index in [-0.39, 0.29) is 24.8 Å². The minimum absolute atomic E-state index is 0. The van der Waals surface area contributed by atoms with Crippen molar-refractivity contribution in [3.8, 4) is 0 Å². The molecular formula is C82H108Cl2N6O4. The molecule has 0 heterocycles. The highest BCUT2D eigenvalue weighted by Gasteiger charge is 2.27.